The summed E-state index contributed by atoms with van der Waals surface area (Å²) in [6, 6.07) is 8.41. The van der Waals surface area contributed by atoms with Crippen LogP contribution in [0.25, 0.3) is 22.2 Å². The number of hydrogen-bond acceptors (Lipinski definition) is 5. The van der Waals surface area contributed by atoms with Gasteiger partial charge in [-0.1, -0.05) is 29.8 Å². The lowest BCUT2D eigenvalue weighted by Crippen LogP contribution is -2.28. The molecular weight excluding hydrogens is 350 g/mol. The molecule has 2 aromatic heterocycles. The number of anilines is 1. The molecule has 136 valence electrons. The van der Waals surface area contributed by atoms with E-state index in [2.05, 4.69) is 31.2 Å². The van der Waals surface area contributed by atoms with Gasteiger partial charge in [-0.3, -0.25) is 0 Å². The normalized spacial score (nSPS) is 17.8. The monoisotopic (exact) mass is 371 g/mol. The largest absolute Gasteiger partial charge is 0.396 e. The first-order valence-corrected chi connectivity index (χ1v) is 9.31. The van der Waals surface area contributed by atoms with Crippen molar-refractivity contribution in [2.24, 2.45) is 0 Å². The van der Waals surface area contributed by atoms with Crippen LogP contribution in [0.2, 0.25) is 5.02 Å². The molecule has 1 unspecified atom stereocenters. The fourth-order valence-electron chi connectivity index (χ4n) is 3.52. The minimum Gasteiger partial charge on any atom is -0.396 e. The summed E-state index contributed by atoms with van der Waals surface area (Å²) in [5.74, 6) is 0.601. The Kier molecular flexibility index (Phi) is 5.06. The molecule has 0 saturated carbocycles. The van der Waals surface area contributed by atoms with E-state index < -0.39 is 0 Å². The number of aromatic nitrogens is 3. The molecule has 26 heavy (non-hydrogen) atoms. The minimum atomic E-state index is 0.239. The minimum absolute atomic E-state index is 0.239. The number of rotatable bonds is 6. The van der Waals surface area contributed by atoms with E-state index in [4.69, 9.17) is 16.7 Å². The Morgan fingerprint density at radius 2 is 2.23 bits per heavy atom. The lowest BCUT2D eigenvalue weighted by molar-refractivity contribution is 0.247. The topological polar surface area (TPSA) is 77.1 Å². The fraction of sp³-hybridized carbons (Fsp3) is 0.368. The number of halogens is 1. The number of benzene rings is 1. The van der Waals surface area contributed by atoms with Crippen molar-refractivity contribution in [1.29, 1.82) is 0 Å². The second-order valence-corrected chi connectivity index (χ2v) is 7.05. The van der Waals surface area contributed by atoms with Gasteiger partial charge in [-0.25, -0.2) is 9.97 Å². The Morgan fingerprint density at radius 1 is 1.35 bits per heavy atom. The van der Waals surface area contributed by atoms with Crippen molar-refractivity contribution < 1.29 is 5.11 Å². The van der Waals surface area contributed by atoms with Crippen molar-refractivity contribution in [3.05, 3.63) is 41.7 Å². The maximum atomic E-state index is 8.97. The molecule has 6 nitrogen and oxygen atoms in total. The predicted octanol–water partition coefficient (Wildman–Crippen LogP) is 3.15. The van der Waals surface area contributed by atoms with Crippen LogP contribution in [0.5, 0.6) is 0 Å². The fourth-order valence-corrected chi connectivity index (χ4v) is 3.72. The number of para-hydroxylation sites is 1. The lowest BCUT2D eigenvalue weighted by Gasteiger charge is -2.16. The SMILES string of the molecule is OCCCN1CCC(Nc2ncc(Cl)c(-c3c[nH]c4ccccc34)n2)C1. The molecule has 0 aliphatic carbocycles. The summed E-state index contributed by atoms with van der Waals surface area (Å²) in [5.41, 5.74) is 2.77. The van der Waals surface area contributed by atoms with Gasteiger partial charge >= 0.3 is 0 Å². The maximum absolute atomic E-state index is 8.97. The highest BCUT2D eigenvalue weighted by Crippen LogP contribution is 2.32. The summed E-state index contributed by atoms with van der Waals surface area (Å²) in [6.45, 7) is 3.13. The molecular formula is C19H22ClN5O. The van der Waals surface area contributed by atoms with Crippen molar-refractivity contribution in [3.63, 3.8) is 0 Å². The van der Waals surface area contributed by atoms with E-state index in [1.165, 1.54) is 0 Å². The summed E-state index contributed by atoms with van der Waals surface area (Å²) in [6.07, 6.45) is 5.45. The van der Waals surface area contributed by atoms with Gasteiger partial charge < -0.3 is 20.3 Å². The van der Waals surface area contributed by atoms with Gasteiger partial charge in [0.2, 0.25) is 5.95 Å². The molecule has 1 aliphatic heterocycles. The Labute approximate surface area is 157 Å². The molecule has 4 rings (SSSR count). The van der Waals surface area contributed by atoms with Crippen LogP contribution in [-0.4, -0.2) is 57.2 Å². The Morgan fingerprint density at radius 3 is 3.12 bits per heavy atom. The van der Waals surface area contributed by atoms with Gasteiger partial charge in [0.1, 0.15) is 0 Å². The van der Waals surface area contributed by atoms with Crippen LogP contribution in [0.15, 0.2) is 36.7 Å². The highest BCUT2D eigenvalue weighted by molar-refractivity contribution is 6.33. The number of H-pyrrole nitrogens is 1. The van der Waals surface area contributed by atoms with E-state index >= 15 is 0 Å². The van der Waals surface area contributed by atoms with Crippen molar-refractivity contribution in [3.8, 4) is 11.3 Å². The van der Waals surface area contributed by atoms with Crippen molar-refractivity contribution in [1.82, 2.24) is 19.9 Å². The molecule has 0 spiro atoms. The summed E-state index contributed by atoms with van der Waals surface area (Å²) in [4.78, 5) is 14.7. The van der Waals surface area contributed by atoms with Gasteiger partial charge in [0.05, 0.1) is 16.9 Å². The molecule has 0 amide bonds. The third-order valence-electron chi connectivity index (χ3n) is 4.83. The summed E-state index contributed by atoms with van der Waals surface area (Å²) < 4.78 is 0. The number of likely N-dealkylation sites (tertiary alicyclic amines) is 1. The predicted molar refractivity (Wildman–Crippen MR) is 105 cm³/mol. The molecule has 3 aromatic rings. The van der Waals surface area contributed by atoms with Gasteiger partial charge in [-0.2, -0.15) is 0 Å². The van der Waals surface area contributed by atoms with Crippen LogP contribution >= 0.6 is 11.6 Å². The van der Waals surface area contributed by atoms with Gasteiger partial charge in [0, 0.05) is 54.9 Å². The third-order valence-corrected chi connectivity index (χ3v) is 5.10. The number of hydrogen-bond donors (Lipinski definition) is 3. The number of aliphatic hydroxyl groups is 1. The average Bonchev–Trinajstić information content (AvgIpc) is 3.28. The van der Waals surface area contributed by atoms with E-state index in [0.717, 1.165) is 54.6 Å². The Hall–Kier alpha value is -2.15. The zero-order valence-corrected chi connectivity index (χ0v) is 15.2. The summed E-state index contributed by atoms with van der Waals surface area (Å²) in [7, 11) is 0. The van der Waals surface area contributed by atoms with Crippen LogP contribution in [-0.2, 0) is 0 Å². The van der Waals surface area contributed by atoms with E-state index in [-0.39, 0.29) is 6.61 Å². The maximum Gasteiger partial charge on any atom is 0.223 e. The summed E-state index contributed by atoms with van der Waals surface area (Å²) in [5, 5.41) is 14.0. The highest BCUT2D eigenvalue weighted by atomic mass is 35.5. The smallest absolute Gasteiger partial charge is 0.223 e. The molecule has 7 heteroatoms. The van der Waals surface area contributed by atoms with Crippen molar-refractivity contribution in [2.75, 3.05) is 31.6 Å². The zero-order chi connectivity index (χ0) is 17.9. The Balaban J connectivity index is 1.54. The molecule has 3 heterocycles. The van der Waals surface area contributed by atoms with Crippen LogP contribution in [0.3, 0.4) is 0 Å². The van der Waals surface area contributed by atoms with Crippen LogP contribution in [0, 0.1) is 0 Å². The average molecular weight is 372 g/mol. The molecule has 1 fully saturated rings. The van der Waals surface area contributed by atoms with E-state index in [1.807, 2.05) is 24.4 Å². The van der Waals surface area contributed by atoms with Gasteiger partial charge in [-0.15, -0.1) is 0 Å². The molecule has 1 atom stereocenters. The molecule has 1 aliphatic rings. The van der Waals surface area contributed by atoms with E-state index in [9.17, 15) is 0 Å². The molecule has 0 radical (unpaired) electrons. The molecule has 1 saturated heterocycles. The molecule has 3 N–H and O–H groups in total. The number of aliphatic hydroxyl groups excluding tert-OH is 1. The van der Waals surface area contributed by atoms with Crippen molar-refractivity contribution in [2.45, 2.75) is 18.9 Å². The van der Waals surface area contributed by atoms with Crippen LogP contribution in [0.4, 0.5) is 5.95 Å². The highest BCUT2D eigenvalue weighted by Gasteiger charge is 2.23. The van der Waals surface area contributed by atoms with Gasteiger partial charge in [0.15, 0.2) is 0 Å². The number of nitrogens with zero attached hydrogens (tertiary/aromatic N) is 3. The van der Waals surface area contributed by atoms with E-state index in [0.29, 0.717) is 17.0 Å². The first kappa shape index (κ1) is 17.3. The van der Waals surface area contributed by atoms with Gasteiger partial charge in [-0.05, 0) is 18.9 Å². The van der Waals surface area contributed by atoms with Crippen LogP contribution < -0.4 is 5.32 Å². The molecule has 0 bridgehead atoms. The summed E-state index contributed by atoms with van der Waals surface area (Å²) >= 11 is 6.39. The van der Waals surface area contributed by atoms with Gasteiger partial charge in [0.25, 0.3) is 0 Å². The number of aromatic amines is 1. The quantitative estimate of drug-likeness (QED) is 0.620. The first-order valence-electron chi connectivity index (χ1n) is 8.93. The third kappa shape index (κ3) is 3.53. The first-order chi connectivity index (χ1) is 12.7. The molecule has 1 aromatic carbocycles. The van der Waals surface area contributed by atoms with Crippen molar-refractivity contribution >= 4 is 28.5 Å². The van der Waals surface area contributed by atoms with E-state index in [1.54, 1.807) is 6.20 Å². The number of nitrogens with one attached hydrogen (secondary N) is 2. The zero-order valence-electron chi connectivity index (χ0n) is 14.5. The second-order valence-electron chi connectivity index (χ2n) is 6.65. The van der Waals surface area contributed by atoms with Crippen LogP contribution in [0.1, 0.15) is 12.8 Å². The standard InChI is InChI=1S/C19H22ClN5O/c20-16-11-22-19(23-13-6-8-25(12-13)7-3-9-26)24-18(16)15-10-21-17-5-2-1-4-14(15)17/h1-2,4-5,10-11,13,21,26H,3,6-9,12H2,(H,22,23,24). The Bertz CT molecular complexity index is 897. The second kappa shape index (κ2) is 7.61. The lowest BCUT2D eigenvalue weighted by atomic mass is 10.1. The number of fused-ring (bicyclic) bond motifs is 1.